The van der Waals surface area contributed by atoms with Crippen LogP contribution < -0.4 is 16.7 Å². The number of aromatic amines is 2. The first kappa shape index (κ1) is 18.3. The zero-order chi connectivity index (χ0) is 19.4. The van der Waals surface area contributed by atoms with Crippen LogP contribution in [-0.4, -0.2) is 31.9 Å². The summed E-state index contributed by atoms with van der Waals surface area (Å²) >= 11 is 0. The molecule has 1 amide bonds. The van der Waals surface area contributed by atoms with E-state index >= 15 is 0 Å². The molecule has 9 heteroatoms. The normalized spacial score (nSPS) is 11.3. The highest BCUT2D eigenvalue weighted by Gasteiger charge is 2.11. The van der Waals surface area contributed by atoms with Gasteiger partial charge in [0.1, 0.15) is 5.69 Å². The van der Waals surface area contributed by atoms with Crippen molar-refractivity contribution in [2.75, 3.05) is 0 Å². The molecule has 0 aliphatic rings. The average Bonchev–Trinajstić information content (AvgIpc) is 2.92. The van der Waals surface area contributed by atoms with Crippen LogP contribution in [0.1, 0.15) is 30.3 Å². The van der Waals surface area contributed by atoms with Crippen LogP contribution in [-0.2, 0) is 17.8 Å². The van der Waals surface area contributed by atoms with Crippen LogP contribution in [0.4, 0.5) is 0 Å². The van der Waals surface area contributed by atoms with Gasteiger partial charge in [-0.1, -0.05) is 18.2 Å². The number of aromatic nitrogens is 4. The monoisotopic (exact) mass is 368 g/mol. The molecule has 1 aromatic carbocycles. The predicted molar refractivity (Wildman–Crippen MR) is 102 cm³/mol. The van der Waals surface area contributed by atoms with Crippen LogP contribution in [0.3, 0.4) is 0 Å². The highest BCUT2D eigenvalue weighted by atomic mass is 16.2. The topological polar surface area (TPSA) is 125 Å². The molecular formula is C18H20N6O3. The van der Waals surface area contributed by atoms with E-state index in [-0.39, 0.29) is 24.4 Å². The minimum Gasteiger partial charge on any atom is -0.344 e. The molecule has 2 heterocycles. The number of nitrogens with zero attached hydrogens (tertiary/aromatic N) is 3. The number of carbonyl (C=O) groups excluding carboxylic acids is 1. The quantitative estimate of drug-likeness (QED) is 0.440. The van der Waals surface area contributed by atoms with Gasteiger partial charge < -0.3 is 4.57 Å². The summed E-state index contributed by atoms with van der Waals surface area (Å²) in [4.78, 5) is 36.5. The Morgan fingerprint density at radius 3 is 2.85 bits per heavy atom. The Morgan fingerprint density at radius 1 is 1.33 bits per heavy atom. The van der Waals surface area contributed by atoms with Gasteiger partial charge in [-0.2, -0.15) is 10.2 Å². The number of hydrogen-bond donors (Lipinski definition) is 3. The lowest BCUT2D eigenvalue weighted by atomic mass is 10.1. The van der Waals surface area contributed by atoms with Gasteiger partial charge in [-0.05, 0) is 19.9 Å². The number of carbonyl (C=O) groups is 1. The lowest BCUT2D eigenvalue weighted by molar-refractivity contribution is -0.121. The van der Waals surface area contributed by atoms with E-state index in [9.17, 15) is 14.4 Å². The number of hydrazone groups is 1. The van der Waals surface area contributed by atoms with E-state index in [1.165, 1.54) is 0 Å². The minimum absolute atomic E-state index is 0.0230. The molecule has 9 nitrogen and oxygen atoms in total. The number of H-pyrrole nitrogens is 2. The molecule has 2 aromatic heterocycles. The van der Waals surface area contributed by atoms with Gasteiger partial charge in [0.15, 0.2) is 0 Å². The van der Waals surface area contributed by atoms with E-state index in [2.05, 4.69) is 43.3 Å². The fourth-order valence-corrected chi connectivity index (χ4v) is 3.03. The third-order valence-electron chi connectivity index (χ3n) is 4.35. The summed E-state index contributed by atoms with van der Waals surface area (Å²) in [7, 11) is 0. The lowest BCUT2D eigenvalue weighted by Gasteiger charge is -2.03. The van der Waals surface area contributed by atoms with Crippen LogP contribution in [0.25, 0.3) is 10.9 Å². The molecule has 140 valence electrons. The van der Waals surface area contributed by atoms with Crippen molar-refractivity contribution in [2.45, 2.75) is 33.2 Å². The number of hydrogen-bond acceptors (Lipinski definition) is 5. The van der Waals surface area contributed by atoms with Crippen molar-refractivity contribution in [3.8, 4) is 0 Å². The Labute approximate surface area is 154 Å². The standard InChI is InChI=1S/C18H20N6O3/c1-3-24-11(2)13(12-6-4-5-7-15(12)24)10-19-22-16(25)9-8-14-17(26)20-18(27)23-21-14/h4-7,10H,3,8-9H2,1-2H3,(H,22,25)(H2,20,23,26,27)/b19-10+. The second-order valence-corrected chi connectivity index (χ2v) is 6.01. The Morgan fingerprint density at radius 2 is 2.11 bits per heavy atom. The average molecular weight is 368 g/mol. The number of fused-ring (bicyclic) bond motifs is 1. The number of amides is 1. The molecule has 3 rings (SSSR count). The van der Waals surface area contributed by atoms with Crippen LogP contribution in [0, 0.1) is 6.92 Å². The first-order valence-corrected chi connectivity index (χ1v) is 8.59. The van der Waals surface area contributed by atoms with Gasteiger partial charge in [-0.3, -0.25) is 14.6 Å². The van der Waals surface area contributed by atoms with Crippen LogP contribution >= 0.6 is 0 Å². The molecule has 0 radical (unpaired) electrons. The molecule has 0 saturated heterocycles. The van der Waals surface area contributed by atoms with Gasteiger partial charge in [0.05, 0.1) is 6.21 Å². The number of aryl methyl sites for hydroxylation is 2. The molecule has 0 aliphatic carbocycles. The van der Waals surface area contributed by atoms with Crippen molar-refractivity contribution in [1.82, 2.24) is 25.2 Å². The maximum Gasteiger partial charge on any atom is 0.342 e. The molecule has 3 aromatic rings. The first-order chi connectivity index (χ1) is 13.0. The molecule has 3 N–H and O–H groups in total. The minimum atomic E-state index is -0.681. The van der Waals surface area contributed by atoms with Gasteiger partial charge in [-0.15, -0.1) is 0 Å². The van der Waals surface area contributed by atoms with Gasteiger partial charge in [-0.25, -0.2) is 15.3 Å². The fourth-order valence-electron chi connectivity index (χ4n) is 3.03. The summed E-state index contributed by atoms with van der Waals surface area (Å²) in [6.07, 6.45) is 1.75. The Hall–Kier alpha value is -3.49. The Bertz CT molecular complexity index is 1120. The molecule has 0 aliphatic heterocycles. The van der Waals surface area contributed by atoms with Gasteiger partial charge in [0.2, 0.25) is 5.91 Å². The number of benzene rings is 1. The van der Waals surface area contributed by atoms with Gasteiger partial charge >= 0.3 is 5.69 Å². The van der Waals surface area contributed by atoms with E-state index < -0.39 is 11.2 Å². The predicted octanol–water partition coefficient (Wildman–Crippen LogP) is 0.824. The summed E-state index contributed by atoms with van der Waals surface area (Å²) in [5, 5.41) is 10.9. The Balaban J connectivity index is 1.68. The van der Waals surface area contributed by atoms with Crippen molar-refractivity contribution < 1.29 is 4.79 Å². The van der Waals surface area contributed by atoms with Crippen molar-refractivity contribution in [3.63, 3.8) is 0 Å². The molecule has 0 fully saturated rings. The third kappa shape index (κ3) is 3.86. The molecule has 0 bridgehead atoms. The van der Waals surface area contributed by atoms with E-state index in [1.807, 2.05) is 25.1 Å². The molecule has 0 atom stereocenters. The van der Waals surface area contributed by atoms with E-state index in [4.69, 9.17) is 0 Å². The summed E-state index contributed by atoms with van der Waals surface area (Å²) in [5.74, 6) is -0.351. The molecule has 0 spiro atoms. The summed E-state index contributed by atoms with van der Waals surface area (Å²) in [6, 6.07) is 8.03. The molecular weight excluding hydrogens is 348 g/mol. The third-order valence-corrected chi connectivity index (χ3v) is 4.35. The highest BCUT2D eigenvalue weighted by molar-refractivity contribution is 6.01. The second-order valence-electron chi connectivity index (χ2n) is 6.01. The molecule has 0 unspecified atom stereocenters. The first-order valence-electron chi connectivity index (χ1n) is 8.59. The van der Waals surface area contributed by atoms with Crippen LogP contribution in [0.5, 0.6) is 0 Å². The van der Waals surface area contributed by atoms with Gasteiger partial charge in [0, 0.05) is 41.5 Å². The van der Waals surface area contributed by atoms with Crippen molar-refractivity contribution in [3.05, 3.63) is 62.1 Å². The molecule has 0 saturated carbocycles. The fraction of sp³-hybridized carbons (Fsp3) is 0.278. The summed E-state index contributed by atoms with van der Waals surface area (Å²) in [5.41, 5.74) is 4.41. The van der Waals surface area contributed by atoms with Crippen LogP contribution in [0.2, 0.25) is 0 Å². The van der Waals surface area contributed by atoms with Crippen molar-refractivity contribution in [1.29, 1.82) is 0 Å². The Kier molecular flexibility index (Phi) is 5.30. The summed E-state index contributed by atoms with van der Waals surface area (Å²) in [6.45, 7) is 4.93. The SMILES string of the molecule is CCn1c(C)c(/C=N/NC(=O)CCc2n[nH]c(=O)[nH]c2=O)c2ccccc21. The number of para-hydroxylation sites is 1. The van der Waals surface area contributed by atoms with Gasteiger partial charge in [0.25, 0.3) is 5.56 Å². The zero-order valence-electron chi connectivity index (χ0n) is 15.1. The van der Waals surface area contributed by atoms with E-state index in [0.717, 1.165) is 28.7 Å². The maximum absolute atomic E-state index is 12.0. The maximum atomic E-state index is 12.0. The van der Waals surface area contributed by atoms with Crippen molar-refractivity contribution >= 4 is 23.0 Å². The molecule has 27 heavy (non-hydrogen) atoms. The number of rotatable bonds is 6. The van der Waals surface area contributed by atoms with E-state index in [0.29, 0.717) is 0 Å². The second kappa shape index (κ2) is 7.81. The van der Waals surface area contributed by atoms with Crippen LogP contribution in [0.15, 0.2) is 39.0 Å². The largest absolute Gasteiger partial charge is 0.344 e. The highest BCUT2D eigenvalue weighted by Crippen LogP contribution is 2.24. The number of nitrogens with one attached hydrogen (secondary N) is 3. The summed E-state index contributed by atoms with van der Waals surface area (Å²) < 4.78 is 2.19. The van der Waals surface area contributed by atoms with Crippen molar-refractivity contribution in [2.24, 2.45) is 5.10 Å². The van der Waals surface area contributed by atoms with E-state index in [1.54, 1.807) is 6.21 Å². The smallest absolute Gasteiger partial charge is 0.342 e. The zero-order valence-corrected chi connectivity index (χ0v) is 15.1. The lowest BCUT2D eigenvalue weighted by Crippen LogP contribution is -2.28.